The number of hydrogen-bond acceptors (Lipinski definition) is 4. The van der Waals surface area contributed by atoms with Crippen molar-refractivity contribution < 1.29 is 14.2 Å². The van der Waals surface area contributed by atoms with Gasteiger partial charge >= 0.3 is 0 Å². The summed E-state index contributed by atoms with van der Waals surface area (Å²) in [4.78, 5) is 4.75. The Morgan fingerprint density at radius 1 is 1.07 bits per heavy atom. The number of nitrogens with zero attached hydrogens (tertiary/aromatic N) is 2. The van der Waals surface area contributed by atoms with E-state index >= 15 is 0 Å². The molecule has 4 nitrogen and oxygen atoms in total. The lowest BCUT2D eigenvalue weighted by Crippen LogP contribution is -2.60. The van der Waals surface area contributed by atoms with Crippen LogP contribution in [0.15, 0.2) is 24.3 Å². The van der Waals surface area contributed by atoms with Gasteiger partial charge in [0, 0.05) is 31.4 Å². The molecule has 0 radical (unpaired) electrons. The molecule has 0 saturated carbocycles. The number of hydrogen-bond donors (Lipinski definition) is 1. The minimum absolute atomic E-state index is 0.0123. The fourth-order valence-electron chi connectivity index (χ4n) is 5.12. The number of β-amino-alcohol motifs (C(OH)–C–C–N with tert-alkyl or cyclic N) is 1. The van der Waals surface area contributed by atoms with Crippen molar-refractivity contribution >= 4 is 5.69 Å². The Morgan fingerprint density at radius 3 is 2.48 bits per heavy atom. The van der Waals surface area contributed by atoms with Crippen molar-refractivity contribution in [1.82, 2.24) is 4.90 Å². The highest BCUT2D eigenvalue weighted by molar-refractivity contribution is 5.46. The third kappa shape index (κ3) is 4.30. The first-order valence-corrected chi connectivity index (χ1v) is 10.5. The quantitative estimate of drug-likeness (QED) is 0.875. The molecule has 27 heavy (non-hydrogen) atoms. The number of benzene rings is 1. The molecule has 1 aromatic rings. The SMILES string of the molecule is CC1(C)CC[C@@H]2[C@@H](CCCN2CC2(O)CCN(c3ccc(F)cc3)CC2)O1. The summed E-state index contributed by atoms with van der Waals surface area (Å²) < 4.78 is 19.5. The number of ether oxygens (including phenoxy) is 1. The highest BCUT2D eigenvalue weighted by Gasteiger charge is 2.43. The van der Waals surface area contributed by atoms with Crippen molar-refractivity contribution in [2.45, 2.75) is 75.7 Å². The molecule has 0 aliphatic carbocycles. The summed E-state index contributed by atoms with van der Waals surface area (Å²) in [6, 6.07) is 7.13. The van der Waals surface area contributed by atoms with Crippen LogP contribution in [0, 0.1) is 5.82 Å². The summed E-state index contributed by atoms with van der Waals surface area (Å²) in [7, 11) is 0. The monoisotopic (exact) mass is 376 g/mol. The molecule has 0 unspecified atom stereocenters. The van der Waals surface area contributed by atoms with Gasteiger partial charge in [0.1, 0.15) is 5.82 Å². The molecule has 1 aromatic carbocycles. The van der Waals surface area contributed by atoms with Crippen molar-refractivity contribution in [2.75, 3.05) is 31.1 Å². The van der Waals surface area contributed by atoms with E-state index in [4.69, 9.17) is 4.74 Å². The van der Waals surface area contributed by atoms with Crippen LogP contribution in [0.25, 0.3) is 0 Å². The lowest BCUT2D eigenvalue weighted by atomic mass is 9.84. The molecule has 1 N–H and O–H groups in total. The highest BCUT2D eigenvalue weighted by Crippen LogP contribution is 2.37. The van der Waals surface area contributed by atoms with Crippen LogP contribution in [0.2, 0.25) is 0 Å². The summed E-state index contributed by atoms with van der Waals surface area (Å²) in [6.45, 7) is 7.83. The molecule has 3 aliphatic rings. The number of likely N-dealkylation sites (tertiary alicyclic amines) is 1. The number of piperidine rings is 2. The number of anilines is 1. The molecule has 3 heterocycles. The lowest BCUT2D eigenvalue weighted by molar-refractivity contribution is -0.167. The van der Waals surface area contributed by atoms with Gasteiger partial charge in [-0.25, -0.2) is 4.39 Å². The first-order valence-electron chi connectivity index (χ1n) is 10.5. The normalized spacial score (nSPS) is 30.7. The third-order valence-corrected chi connectivity index (χ3v) is 6.73. The minimum Gasteiger partial charge on any atom is -0.388 e. The van der Waals surface area contributed by atoms with Crippen LogP contribution in [0.1, 0.15) is 52.4 Å². The number of aliphatic hydroxyl groups is 1. The van der Waals surface area contributed by atoms with Gasteiger partial charge in [-0.2, -0.15) is 0 Å². The Morgan fingerprint density at radius 2 is 1.78 bits per heavy atom. The van der Waals surface area contributed by atoms with E-state index in [-0.39, 0.29) is 11.4 Å². The fraction of sp³-hybridized carbons (Fsp3) is 0.727. The van der Waals surface area contributed by atoms with E-state index in [1.807, 2.05) is 12.1 Å². The van der Waals surface area contributed by atoms with E-state index in [0.717, 1.165) is 70.4 Å². The molecule has 2 atom stereocenters. The van der Waals surface area contributed by atoms with Crippen molar-refractivity contribution in [3.8, 4) is 0 Å². The molecule has 0 spiro atoms. The summed E-state index contributed by atoms with van der Waals surface area (Å²) in [5.41, 5.74) is 0.395. The van der Waals surface area contributed by atoms with Crippen LogP contribution in [0.3, 0.4) is 0 Å². The van der Waals surface area contributed by atoms with Gasteiger partial charge in [-0.05, 0) is 83.2 Å². The zero-order chi connectivity index (χ0) is 19.1. The van der Waals surface area contributed by atoms with E-state index < -0.39 is 5.60 Å². The van der Waals surface area contributed by atoms with Gasteiger partial charge in [0.2, 0.25) is 0 Å². The Hall–Kier alpha value is -1.17. The van der Waals surface area contributed by atoms with Crippen molar-refractivity contribution in [2.24, 2.45) is 0 Å². The third-order valence-electron chi connectivity index (χ3n) is 6.73. The first-order chi connectivity index (χ1) is 12.8. The highest BCUT2D eigenvalue weighted by atomic mass is 19.1. The van der Waals surface area contributed by atoms with Crippen LogP contribution < -0.4 is 4.90 Å². The Kier molecular flexibility index (Phi) is 5.21. The smallest absolute Gasteiger partial charge is 0.123 e. The standard InChI is InChI=1S/C22H33FN2O2/c1-21(2)10-9-19-20(27-21)4-3-13-25(19)16-22(26)11-14-24(15-12-22)18-7-5-17(23)6-8-18/h5-8,19-20,26H,3-4,9-16H2,1-2H3/t19-,20-/m1/s1. The van der Waals surface area contributed by atoms with Crippen molar-refractivity contribution in [3.63, 3.8) is 0 Å². The van der Waals surface area contributed by atoms with E-state index in [1.54, 1.807) is 0 Å². The summed E-state index contributed by atoms with van der Waals surface area (Å²) in [6.07, 6.45) is 6.35. The molecule has 150 valence electrons. The minimum atomic E-state index is -0.634. The van der Waals surface area contributed by atoms with Crippen LogP contribution in [-0.2, 0) is 4.74 Å². The first kappa shape index (κ1) is 19.2. The topological polar surface area (TPSA) is 35.9 Å². The van der Waals surface area contributed by atoms with Gasteiger partial charge < -0.3 is 14.7 Å². The van der Waals surface area contributed by atoms with E-state index in [1.165, 1.54) is 12.1 Å². The zero-order valence-electron chi connectivity index (χ0n) is 16.7. The molecule has 3 fully saturated rings. The predicted octanol–water partition coefficient (Wildman–Crippen LogP) is 3.58. The van der Waals surface area contributed by atoms with Crippen molar-refractivity contribution in [3.05, 3.63) is 30.1 Å². The van der Waals surface area contributed by atoms with Gasteiger partial charge in [-0.15, -0.1) is 0 Å². The maximum Gasteiger partial charge on any atom is 0.123 e. The Labute approximate surface area is 162 Å². The molecule has 3 aliphatic heterocycles. The second kappa shape index (κ2) is 7.34. The fourth-order valence-corrected chi connectivity index (χ4v) is 5.12. The molecule has 0 aromatic heterocycles. The average molecular weight is 377 g/mol. The van der Waals surface area contributed by atoms with Crippen LogP contribution in [-0.4, -0.2) is 59.5 Å². The van der Waals surface area contributed by atoms with Gasteiger partial charge in [0.05, 0.1) is 17.3 Å². The van der Waals surface area contributed by atoms with E-state index in [2.05, 4.69) is 23.6 Å². The number of fused-ring (bicyclic) bond motifs is 1. The zero-order valence-corrected chi connectivity index (χ0v) is 16.7. The van der Waals surface area contributed by atoms with Gasteiger partial charge in [0.15, 0.2) is 0 Å². The number of rotatable bonds is 3. The molecule has 4 rings (SSSR count). The molecule has 0 bridgehead atoms. The van der Waals surface area contributed by atoms with Crippen LogP contribution in [0.5, 0.6) is 0 Å². The van der Waals surface area contributed by atoms with Crippen LogP contribution >= 0.6 is 0 Å². The van der Waals surface area contributed by atoms with Gasteiger partial charge in [-0.3, -0.25) is 4.90 Å². The second-order valence-electron chi connectivity index (χ2n) is 9.32. The van der Waals surface area contributed by atoms with Crippen LogP contribution in [0.4, 0.5) is 10.1 Å². The summed E-state index contributed by atoms with van der Waals surface area (Å²) in [5.74, 6) is -0.204. The van der Waals surface area contributed by atoms with Crippen molar-refractivity contribution in [1.29, 1.82) is 0 Å². The van der Waals surface area contributed by atoms with Gasteiger partial charge in [0.25, 0.3) is 0 Å². The average Bonchev–Trinajstić information content (AvgIpc) is 2.62. The maximum atomic E-state index is 13.1. The van der Waals surface area contributed by atoms with Gasteiger partial charge in [-0.1, -0.05) is 0 Å². The molecular formula is C22H33FN2O2. The summed E-state index contributed by atoms with van der Waals surface area (Å²) >= 11 is 0. The molecule has 5 heteroatoms. The molecule has 3 saturated heterocycles. The lowest BCUT2D eigenvalue weighted by Gasteiger charge is -2.51. The van der Waals surface area contributed by atoms with E-state index in [9.17, 15) is 9.50 Å². The summed E-state index contributed by atoms with van der Waals surface area (Å²) in [5, 5.41) is 11.3. The predicted molar refractivity (Wildman–Crippen MR) is 106 cm³/mol. The van der Waals surface area contributed by atoms with E-state index in [0.29, 0.717) is 12.1 Å². The molecule has 0 amide bonds. The maximum absolute atomic E-state index is 13.1. The Bertz CT molecular complexity index is 640. The number of halogens is 1. The largest absolute Gasteiger partial charge is 0.388 e. The second-order valence-corrected chi connectivity index (χ2v) is 9.32. The molecular weight excluding hydrogens is 343 g/mol. The Balaban J connectivity index is 1.36.